The van der Waals surface area contributed by atoms with Crippen molar-refractivity contribution in [1.29, 1.82) is 0 Å². The lowest BCUT2D eigenvalue weighted by molar-refractivity contribution is -0.114. The molecule has 0 saturated heterocycles. The van der Waals surface area contributed by atoms with E-state index in [1.165, 1.54) is 41.2 Å². The van der Waals surface area contributed by atoms with Gasteiger partial charge >= 0.3 is 0 Å². The van der Waals surface area contributed by atoms with Crippen molar-refractivity contribution in [3.8, 4) is 11.1 Å². The second kappa shape index (κ2) is 8.88. The van der Waals surface area contributed by atoms with Gasteiger partial charge in [-0.3, -0.25) is 4.79 Å². The van der Waals surface area contributed by atoms with E-state index in [9.17, 15) is 4.79 Å². The summed E-state index contributed by atoms with van der Waals surface area (Å²) in [4.78, 5) is 13.7. The van der Waals surface area contributed by atoms with E-state index in [-0.39, 0.29) is 5.91 Å². The molecule has 0 fully saturated rings. The van der Waals surface area contributed by atoms with Crippen LogP contribution < -0.4 is 4.90 Å². The van der Waals surface area contributed by atoms with Crippen molar-refractivity contribution in [3.63, 3.8) is 0 Å². The zero-order chi connectivity index (χ0) is 20.1. The Morgan fingerprint density at radius 3 is 2.21 bits per heavy atom. The average molecular weight is 372 g/mol. The summed E-state index contributed by atoms with van der Waals surface area (Å²) in [6, 6.07) is 21.5. The minimum absolute atomic E-state index is 0.0619. The SMILES string of the molecule is C=C(C)C(=O)N(C)c1ccc(-c2ccc3cc(CCCCC)ccc3c2)cc1. The highest BCUT2D eigenvalue weighted by Gasteiger charge is 2.11. The van der Waals surface area contributed by atoms with E-state index >= 15 is 0 Å². The Hall–Kier alpha value is -2.87. The fourth-order valence-corrected chi connectivity index (χ4v) is 3.49. The lowest BCUT2D eigenvalue weighted by Crippen LogP contribution is -2.26. The molecule has 0 aliphatic carbocycles. The number of amides is 1. The number of benzene rings is 3. The first-order valence-electron chi connectivity index (χ1n) is 10.1. The summed E-state index contributed by atoms with van der Waals surface area (Å²) in [6.45, 7) is 7.71. The Morgan fingerprint density at radius 2 is 1.54 bits per heavy atom. The van der Waals surface area contributed by atoms with Crippen LogP contribution in [0.1, 0.15) is 38.7 Å². The van der Waals surface area contributed by atoms with E-state index in [2.05, 4.69) is 62.0 Å². The molecule has 1 amide bonds. The summed E-state index contributed by atoms with van der Waals surface area (Å²) in [5.41, 5.74) is 5.16. The van der Waals surface area contributed by atoms with E-state index < -0.39 is 0 Å². The lowest BCUT2D eigenvalue weighted by atomic mass is 9.98. The van der Waals surface area contributed by atoms with Gasteiger partial charge in [-0.25, -0.2) is 0 Å². The Kier molecular flexibility index (Phi) is 6.30. The van der Waals surface area contributed by atoms with Crippen molar-refractivity contribution in [2.75, 3.05) is 11.9 Å². The van der Waals surface area contributed by atoms with Crippen molar-refractivity contribution in [1.82, 2.24) is 0 Å². The van der Waals surface area contributed by atoms with Gasteiger partial charge in [0.15, 0.2) is 0 Å². The molecule has 0 heterocycles. The molecule has 0 radical (unpaired) electrons. The molecule has 3 aromatic rings. The number of anilines is 1. The number of aryl methyl sites for hydroxylation is 1. The minimum atomic E-state index is -0.0619. The van der Waals surface area contributed by atoms with Gasteiger partial charge in [-0.15, -0.1) is 0 Å². The monoisotopic (exact) mass is 371 g/mol. The van der Waals surface area contributed by atoms with Crippen molar-refractivity contribution >= 4 is 22.4 Å². The predicted octanol–water partition coefficient (Wildman–Crippen LogP) is 6.78. The molecule has 0 aliphatic rings. The average Bonchev–Trinajstić information content (AvgIpc) is 2.72. The molecule has 0 atom stereocenters. The summed E-state index contributed by atoms with van der Waals surface area (Å²) < 4.78 is 0. The fraction of sp³-hybridized carbons (Fsp3) is 0.269. The van der Waals surface area contributed by atoms with Gasteiger partial charge in [-0.1, -0.05) is 68.8 Å². The van der Waals surface area contributed by atoms with E-state index in [0.717, 1.165) is 17.7 Å². The zero-order valence-corrected chi connectivity index (χ0v) is 17.2. The smallest absolute Gasteiger partial charge is 0.253 e. The van der Waals surface area contributed by atoms with Crippen molar-refractivity contribution in [2.45, 2.75) is 39.5 Å². The second-order valence-corrected chi connectivity index (χ2v) is 7.54. The number of hydrogen-bond donors (Lipinski definition) is 0. The number of hydrogen-bond acceptors (Lipinski definition) is 1. The summed E-state index contributed by atoms with van der Waals surface area (Å²) >= 11 is 0. The Balaban J connectivity index is 1.80. The Labute approximate surface area is 168 Å². The first kappa shape index (κ1) is 19.9. The van der Waals surface area contributed by atoms with Gasteiger partial charge in [0, 0.05) is 18.3 Å². The molecule has 2 nitrogen and oxygen atoms in total. The topological polar surface area (TPSA) is 20.3 Å². The Morgan fingerprint density at radius 1 is 0.893 bits per heavy atom. The maximum atomic E-state index is 12.1. The number of unbranched alkanes of at least 4 members (excludes halogenated alkanes) is 2. The van der Waals surface area contributed by atoms with E-state index in [0.29, 0.717) is 5.57 Å². The number of carbonyl (C=O) groups excluding carboxylic acids is 1. The van der Waals surface area contributed by atoms with Crippen LogP contribution in [0, 0.1) is 0 Å². The number of nitrogens with zero attached hydrogens (tertiary/aromatic N) is 1. The highest BCUT2D eigenvalue weighted by molar-refractivity contribution is 6.04. The normalized spacial score (nSPS) is 10.8. The van der Waals surface area contributed by atoms with Gasteiger partial charge < -0.3 is 4.90 Å². The summed E-state index contributed by atoms with van der Waals surface area (Å²) in [6.07, 6.45) is 4.96. The van der Waals surface area contributed by atoms with Crippen LogP contribution >= 0.6 is 0 Å². The number of likely N-dealkylation sites (N-methyl/N-ethyl adjacent to an activating group) is 1. The van der Waals surface area contributed by atoms with Crippen LogP contribution in [-0.4, -0.2) is 13.0 Å². The third kappa shape index (κ3) is 4.51. The molecule has 0 bridgehead atoms. The number of carbonyl (C=O) groups is 1. The summed E-state index contributed by atoms with van der Waals surface area (Å²) in [5, 5.41) is 2.55. The van der Waals surface area contributed by atoms with Gasteiger partial charge in [0.2, 0.25) is 0 Å². The fourth-order valence-electron chi connectivity index (χ4n) is 3.49. The molecule has 0 aromatic heterocycles. The lowest BCUT2D eigenvalue weighted by Gasteiger charge is -2.17. The van der Waals surface area contributed by atoms with Crippen molar-refractivity contribution in [2.24, 2.45) is 0 Å². The maximum Gasteiger partial charge on any atom is 0.253 e. The standard InChI is InChI=1S/C26H29NO/c1-5-6-7-8-20-9-10-24-18-23(12-11-22(24)17-20)21-13-15-25(16-14-21)27(4)26(28)19(2)3/h9-18H,2,5-8H2,1,3-4H3. The van der Waals surface area contributed by atoms with E-state index in [1.54, 1.807) is 18.9 Å². The van der Waals surface area contributed by atoms with Crippen LogP contribution in [0.3, 0.4) is 0 Å². The van der Waals surface area contributed by atoms with Crippen LogP contribution in [0.4, 0.5) is 5.69 Å². The van der Waals surface area contributed by atoms with Crippen LogP contribution in [0.5, 0.6) is 0 Å². The molecule has 0 aliphatic heterocycles. The van der Waals surface area contributed by atoms with Gasteiger partial charge in [-0.05, 0) is 65.4 Å². The van der Waals surface area contributed by atoms with Gasteiger partial charge in [-0.2, -0.15) is 0 Å². The molecule has 28 heavy (non-hydrogen) atoms. The molecule has 0 N–H and O–H groups in total. The minimum Gasteiger partial charge on any atom is -0.312 e. The molecule has 0 saturated carbocycles. The van der Waals surface area contributed by atoms with E-state index in [4.69, 9.17) is 0 Å². The molecular weight excluding hydrogens is 342 g/mol. The highest BCUT2D eigenvalue weighted by atomic mass is 16.2. The second-order valence-electron chi connectivity index (χ2n) is 7.54. The number of rotatable bonds is 7. The van der Waals surface area contributed by atoms with Gasteiger partial charge in [0.1, 0.15) is 0 Å². The molecule has 2 heteroatoms. The highest BCUT2D eigenvalue weighted by Crippen LogP contribution is 2.27. The predicted molar refractivity (Wildman–Crippen MR) is 121 cm³/mol. The van der Waals surface area contributed by atoms with Gasteiger partial charge in [0.25, 0.3) is 5.91 Å². The summed E-state index contributed by atoms with van der Waals surface area (Å²) in [5.74, 6) is -0.0619. The van der Waals surface area contributed by atoms with Crippen LogP contribution in [-0.2, 0) is 11.2 Å². The molecule has 3 rings (SSSR count). The van der Waals surface area contributed by atoms with Crippen molar-refractivity contribution in [3.05, 3.63) is 78.4 Å². The molecule has 144 valence electrons. The zero-order valence-electron chi connectivity index (χ0n) is 17.2. The molecular formula is C26H29NO. The molecule has 0 spiro atoms. The third-order valence-corrected chi connectivity index (χ3v) is 5.23. The molecule has 3 aromatic carbocycles. The first-order chi connectivity index (χ1) is 13.5. The quantitative estimate of drug-likeness (QED) is 0.331. The molecule has 0 unspecified atom stereocenters. The van der Waals surface area contributed by atoms with Crippen LogP contribution in [0.25, 0.3) is 21.9 Å². The Bertz CT molecular complexity index is 985. The van der Waals surface area contributed by atoms with E-state index in [1.807, 2.05) is 12.1 Å². The maximum absolute atomic E-state index is 12.1. The van der Waals surface area contributed by atoms with Crippen molar-refractivity contribution < 1.29 is 4.79 Å². The largest absolute Gasteiger partial charge is 0.312 e. The third-order valence-electron chi connectivity index (χ3n) is 5.23. The van der Waals surface area contributed by atoms with Gasteiger partial charge in [0.05, 0.1) is 0 Å². The number of fused-ring (bicyclic) bond motifs is 1. The summed E-state index contributed by atoms with van der Waals surface area (Å²) in [7, 11) is 1.78. The first-order valence-corrected chi connectivity index (χ1v) is 10.1. The van der Waals surface area contributed by atoms with Crippen LogP contribution in [0.2, 0.25) is 0 Å². The van der Waals surface area contributed by atoms with Crippen LogP contribution in [0.15, 0.2) is 72.8 Å².